The molecule has 0 aromatic heterocycles. The number of hydrogen-bond acceptors (Lipinski definition) is 10. The molecule has 13 heteroatoms. The minimum absolute atomic E-state index is 0.0594. The Bertz CT molecular complexity index is 843. The van der Waals surface area contributed by atoms with Crippen molar-refractivity contribution in [1.29, 1.82) is 5.41 Å². The van der Waals surface area contributed by atoms with Gasteiger partial charge >= 0.3 is 18.2 Å². The average Bonchev–Trinajstić information content (AvgIpc) is 3.20. The average molecular weight is 540 g/mol. The zero-order valence-electron chi connectivity index (χ0n) is 23.3. The summed E-state index contributed by atoms with van der Waals surface area (Å²) >= 11 is 0. The van der Waals surface area contributed by atoms with Gasteiger partial charge in [0.1, 0.15) is 23.6 Å². The van der Waals surface area contributed by atoms with Gasteiger partial charge in [0, 0.05) is 65.4 Å². The lowest BCUT2D eigenvalue weighted by Crippen LogP contribution is -2.60. The van der Waals surface area contributed by atoms with E-state index in [9.17, 15) is 14.4 Å². The molecule has 3 N–H and O–H groups in total. The zero-order chi connectivity index (χ0) is 27.9. The third kappa shape index (κ3) is 8.98. The summed E-state index contributed by atoms with van der Waals surface area (Å²) in [6.45, 7) is 13.8. The van der Waals surface area contributed by atoms with Crippen LogP contribution in [0.1, 0.15) is 33.6 Å². The van der Waals surface area contributed by atoms with E-state index in [2.05, 4.69) is 14.7 Å². The first-order valence-corrected chi connectivity index (χ1v) is 13.5. The molecule has 2 unspecified atom stereocenters. The molecule has 3 fully saturated rings. The Morgan fingerprint density at radius 2 is 1.66 bits per heavy atom. The van der Waals surface area contributed by atoms with E-state index in [0.717, 1.165) is 39.1 Å². The predicted molar refractivity (Wildman–Crippen MR) is 141 cm³/mol. The van der Waals surface area contributed by atoms with Crippen LogP contribution in [0.25, 0.3) is 0 Å². The predicted octanol–water partition coefficient (Wildman–Crippen LogP) is 0.235. The Kier molecular flexibility index (Phi) is 10.6. The van der Waals surface area contributed by atoms with Crippen molar-refractivity contribution in [2.75, 3.05) is 85.6 Å². The third-order valence-electron chi connectivity index (χ3n) is 7.09. The normalized spacial score (nSPS) is 23.8. The summed E-state index contributed by atoms with van der Waals surface area (Å²) in [5.41, 5.74) is 5.20. The van der Waals surface area contributed by atoms with Crippen molar-refractivity contribution in [3.05, 3.63) is 0 Å². The molecule has 0 saturated carbocycles. The van der Waals surface area contributed by atoms with E-state index < -0.39 is 17.7 Å². The van der Waals surface area contributed by atoms with Crippen LogP contribution in [0.5, 0.6) is 0 Å². The number of amides is 2. The summed E-state index contributed by atoms with van der Waals surface area (Å²) in [7, 11) is 1.41. The Balaban J connectivity index is 1.36. The van der Waals surface area contributed by atoms with Crippen LogP contribution >= 0.6 is 0 Å². The summed E-state index contributed by atoms with van der Waals surface area (Å²) in [5.74, 6) is -0.247. The Labute approximate surface area is 225 Å². The molecule has 0 aromatic rings. The van der Waals surface area contributed by atoms with Gasteiger partial charge in [-0.3, -0.25) is 24.9 Å². The first kappa shape index (κ1) is 29.9. The van der Waals surface area contributed by atoms with Crippen LogP contribution in [0.2, 0.25) is 0 Å². The Morgan fingerprint density at radius 1 is 1.00 bits per heavy atom. The van der Waals surface area contributed by atoms with Crippen molar-refractivity contribution < 1.29 is 28.6 Å². The lowest BCUT2D eigenvalue weighted by molar-refractivity contribution is -0.141. The monoisotopic (exact) mass is 539 g/mol. The van der Waals surface area contributed by atoms with Gasteiger partial charge in [-0.05, 0) is 33.7 Å². The summed E-state index contributed by atoms with van der Waals surface area (Å²) in [6, 6.07) is -0.527. The number of ether oxygens (including phenoxy) is 3. The number of nitrogens with one attached hydrogen (secondary N) is 1. The van der Waals surface area contributed by atoms with Crippen molar-refractivity contribution >= 4 is 24.0 Å². The van der Waals surface area contributed by atoms with Crippen LogP contribution in [0.15, 0.2) is 0 Å². The van der Waals surface area contributed by atoms with E-state index in [1.807, 2.05) is 20.8 Å². The standard InChI is InChI=1S/C25H45N7O6/c1-25(2,3)38-24(35)32-15-14-29(18-20(32)22(26)27)7-5-8-31-17-19(37-23(31)34)16-30-12-10-28(11-13-30)9-6-21(33)36-4/h19-20H,5-18H2,1-4H3,(H3,26,27). The van der Waals surface area contributed by atoms with Crippen LogP contribution in [-0.4, -0.2) is 152 Å². The van der Waals surface area contributed by atoms with E-state index >= 15 is 0 Å². The lowest BCUT2D eigenvalue weighted by atomic mass is 10.1. The van der Waals surface area contributed by atoms with Crippen molar-refractivity contribution in [2.45, 2.75) is 51.4 Å². The quantitative estimate of drug-likeness (QED) is 0.171. The Hall–Kier alpha value is -2.64. The number of cyclic esters (lactones) is 1. The highest BCUT2D eigenvalue weighted by Crippen LogP contribution is 2.18. The van der Waals surface area contributed by atoms with Crippen molar-refractivity contribution in [3.63, 3.8) is 0 Å². The van der Waals surface area contributed by atoms with Gasteiger partial charge in [-0.1, -0.05) is 0 Å². The van der Waals surface area contributed by atoms with Gasteiger partial charge in [0.2, 0.25) is 0 Å². The number of amidine groups is 1. The van der Waals surface area contributed by atoms with Gasteiger partial charge < -0.3 is 29.7 Å². The molecule has 3 rings (SSSR count). The van der Waals surface area contributed by atoms with Crippen molar-refractivity contribution in [1.82, 2.24) is 24.5 Å². The molecule has 0 radical (unpaired) electrons. The van der Waals surface area contributed by atoms with Crippen molar-refractivity contribution in [2.24, 2.45) is 5.73 Å². The molecule has 2 atom stereocenters. The zero-order valence-corrected chi connectivity index (χ0v) is 23.3. The summed E-state index contributed by atoms with van der Waals surface area (Å²) in [5, 5.41) is 7.97. The molecule has 0 bridgehead atoms. The molecule has 216 valence electrons. The number of rotatable bonds is 10. The van der Waals surface area contributed by atoms with Gasteiger partial charge in [0.15, 0.2) is 0 Å². The largest absolute Gasteiger partial charge is 0.469 e. The van der Waals surface area contributed by atoms with Gasteiger partial charge in [0.05, 0.1) is 20.1 Å². The van der Waals surface area contributed by atoms with E-state index in [4.69, 9.17) is 25.4 Å². The minimum Gasteiger partial charge on any atom is -0.469 e. The summed E-state index contributed by atoms with van der Waals surface area (Å²) in [4.78, 5) is 46.4. The minimum atomic E-state index is -0.613. The number of hydrogen-bond donors (Lipinski definition) is 2. The van der Waals surface area contributed by atoms with Crippen molar-refractivity contribution in [3.8, 4) is 0 Å². The van der Waals surface area contributed by atoms with Crippen LogP contribution in [0.4, 0.5) is 9.59 Å². The maximum atomic E-state index is 12.6. The van der Waals surface area contributed by atoms with Crippen LogP contribution in [0.3, 0.4) is 0 Å². The van der Waals surface area contributed by atoms with Gasteiger partial charge in [-0.25, -0.2) is 9.59 Å². The number of esters is 1. The van der Waals surface area contributed by atoms with E-state index in [1.165, 1.54) is 12.0 Å². The SMILES string of the molecule is COC(=O)CCN1CCN(CC2CN(CCCN3CCN(C(=O)OC(C)(C)C)C(C(=N)N)C3)C(=O)O2)CC1. The Morgan fingerprint density at radius 3 is 2.29 bits per heavy atom. The van der Waals surface area contributed by atoms with E-state index in [-0.39, 0.29) is 24.0 Å². The highest BCUT2D eigenvalue weighted by atomic mass is 16.6. The number of nitrogens with two attached hydrogens (primary N) is 1. The summed E-state index contributed by atoms with van der Waals surface area (Å²) in [6.07, 6.45) is 0.288. The lowest BCUT2D eigenvalue weighted by Gasteiger charge is -2.41. The highest BCUT2D eigenvalue weighted by Gasteiger charge is 2.36. The van der Waals surface area contributed by atoms with Crippen LogP contribution in [0, 0.1) is 5.41 Å². The second-order valence-corrected chi connectivity index (χ2v) is 11.2. The maximum Gasteiger partial charge on any atom is 0.411 e. The van der Waals surface area contributed by atoms with E-state index in [1.54, 1.807) is 4.90 Å². The molecule has 3 heterocycles. The smallest absolute Gasteiger partial charge is 0.411 e. The molecule has 13 nitrogen and oxygen atoms in total. The molecular weight excluding hydrogens is 494 g/mol. The van der Waals surface area contributed by atoms with Gasteiger partial charge in [0.25, 0.3) is 0 Å². The second-order valence-electron chi connectivity index (χ2n) is 11.2. The first-order chi connectivity index (χ1) is 17.9. The number of piperazine rings is 2. The number of carbonyl (C=O) groups is 3. The number of methoxy groups -OCH3 is 1. The molecule has 0 aliphatic carbocycles. The first-order valence-electron chi connectivity index (χ1n) is 13.5. The topological polar surface area (TPSA) is 145 Å². The highest BCUT2D eigenvalue weighted by molar-refractivity contribution is 5.87. The van der Waals surface area contributed by atoms with Gasteiger partial charge in [-0.2, -0.15) is 0 Å². The van der Waals surface area contributed by atoms with Crippen LogP contribution in [-0.2, 0) is 19.0 Å². The summed E-state index contributed by atoms with van der Waals surface area (Å²) < 4.78 is 15.8. The fourth-order valence-corrected chi connectivity index (χ4v) is 5.02. The molecule has 3 aliphatic heterocycles. The molecule has 2 amide bonds. The molecule has 0 aromatic carbocycles. The molecular formula is C25H45N7O6. The fraction of sp³-hybridized carbons (Fsp3) is 0.840. The van der Waals surface area contributed by atoms with Gasteiger partial charge in [-0.15, -0.1) is 0 Å². The molecule has 3 aliphatic rings. The fourth-order valence-electron chi connectivity index (χ4n) is 5.02. The maximum absolute atomic E-state index is 12.6. The van der Waals surface area contributed by atoms with E-state index in [0.29, 0.717) is 52.2 Å². The molecule has 3 saturated heterocycles. The molecule has 0 spiro atoms. The molecule has 38 heavy (non-hydrogen) atoms. The third-order valence-corrected chi connectivity index (χ3v) is 7.09. The second kappa shape index (κ2) is 13.4. The van der Waals surface area contributed by atoms with Crippen LogP contribution < -0.4 is 5.73 Å². The number of nitrogens with zero attached hydrogens (tertiary/aromatic N) is 5. The number of carbonyl (C=O) groups excluding carboxylic acids is 3.